The lowest BCUT2D eigenvalue weighted by Gasteiger charge is -2.10. The third-order valence-electron chi connectivity index (χ3n) is 5.30. The first kappa shape index (κ1) is 23.0. The summed E-state index contributed by atoms with van der Waals surface area (Å²) in [6.07, 6.45) is 2.73. The lowest BCUT2D eigenvalue weighted by Crippen LogP contribution is -2.09. The molecule has 0 bridgehead atoms. The van der Waals surface area contributed by atoms with Gasteiger partial charge in [-0.15, -0.1) is 0 Å². The Kier molecular flexibility index (Phi) is 6.34. The number of methoxy groups -OCH3 is 1. The highest BCUT2D eigenvalue weighted by atomic mass is 35.5. The number of nitro groups is 1. The van der Waals surface area contributed by atoms with Gasteiger partial charge in [-0.05, 0) is 73.0 Å². The molecule has 4 rings (SSSR count). The summed E-state index contributed by atoms with van der Waals surface area (Å²) in [7, 11) is 1.50. The summed E-state index contributed by atoms with van der Waals surface area (Å²) < 4.78 is 11.3. The number of halogens is 1. The fourth-order valence-corrected chi connectivity index (χ4v) is 3.55. The molecular weight excluding hydrogens is 458 g/mol. The maximum Gasteiger partial charge on any atom is 0.288 e. The van der Waals surface area contributed by atoms with Crippen LogP contribution >= 0.6 is 11.6 Å². The van der Waals surface area contributed by atoms with Crippen LogP contribution in [0.3, 0.4) is 0 Å². The van der Waals surface area contributed by atoms with Crippen molar-refractivity contribution in [2.45, 2.75) is 13.8 Å². The molecule has 0 saturated heterocycles. The molecule has 0 aliphatic carbocycles. The second-order valence-electron chi connectivity index (χ2n) is 7.63. The van der Waals surface area contributed by atoms with Gasteiger partial charge in [0.15, 0.2) is 5.58 Å². The zero-order valence-corrected chi connectivity index (χ0v) is 19.3. The van der Waals surface area contributed by atoms with Crippen molar-refractivity contribution in [3.63, 3.8) is 0 Å². The number of nitro benzene ring substituents is 1. The Morgan fingerprint density at radius 1 is 1.15 bits per heavy atom. The molecule has 0 spiro atoms. The molecule has 1 aromatic heterocycles. The van der Waals surface area contributed by atoms with Gasteiger partial charge >= 0.3 is 0 Å². The van der Waals surface area contributed by atoms with Crippen molar-refractivity contribution in [2.75, 3.05) is 12.4 Å². The van der Waals surface area contributed by atoms with Gasteiger partial charge in [-0.3, -0.25) is 14.9 Å². The zero-order chi connectivity index (χ0) is 24.4. The molecule has 34 heavy (non-hydrogen) atoms. The number of nitrogens with zero attached hydrogens (tertiary/aromatic N) is 2. The molecule has 4 aromatic rings. The Bertz CT molecular complexity index is 1420. The quantitative estimate of drug-likeness (QED) is 0.197. The van der Waals surface area contributed by atoms with Crippen molar-refractivity contribution >= 4 is 46.1 Å². The Morgan fingerprint density at radius 3 is 2.65 bits per heavy atom. The smallest absolute Gasteiger partial charge is 0.288 e. The van der Waals surface area contributed by atoms with Gasteiger partial charge in [0, 0.05) is 17.7 Å². The number of fused-ring (bicyclic) bond motifs is 1. The number of nitrogens with one attached hydrogen (secondary N) is 1. The zero-order valence-electron chi connectivity index (χ0n) is 18.6. The molecular formula is C25H20ClN3O5. The van der Waals surface area contributed by atoms with E-state index in [2.05, 4.69) is 10.3 Å². The summed E-state index contributed by atoms with van der Waals surface area (Å²) in [5.74, 6) is 0.425. The van der Waals surface area contributed by atoms with Crippen LogP contribution in [0.1, 0.15) is 16.7 Å². The van der Waals surface area contributed by atoms with E-state index in [9.17, 15) is 14.9 Å². The molecule has 0 unspecified atom stereocenters. The number of carbonyl (C=O) groups excluding carboxylic acids is 1. The molecule has 0 aliphatic heterocycles. The van der Waals surface area contributed by atoms with E-state index in [1.54, 1.807) is 24.3 Å². The highest BCUT2D eigenvalue weighted by molar-refractivity contribution is 6.32. The third kappa shape index (κ3) is 4.77. The number of hydrogen-bond acceptors (Lipinski definition) is 6. The van der Waals surface area contributed by atoms with E-state index in [0.717, 1.165) is 16.6 Å². The van der Waals surface area contributed by atoms with Gasteiger partial charge in [0.1, 0.15) is 16.3 Å². The lowest BCUT2D eigenvalue weighted by molar-refractivity contribution is -0.384. The Balaban J connectivity index is 1.59. The SMILES string of the molecule is COc1ccc(-c2nc3cc(C)c(C)cc3o2)cc1NC(=O)C=Cc1ccc(Cl)c([N+](=O)[O-])c1. The van der Waals surface area contributed by atoms with E-state index in [4.69, 9.17) is 20.8 Å². The molecule has 3 aromatic carbocycles. The summed E-state index contributed by atoms with van der Waals surface area (Å²) in [6.45, 7) is 4.02. The summed E-state index contributed by atoms with van der Waals surface area (Å²) in [6, 6.07) is 13.4. The van der Waals surface area contributed by atoms with Crippen LogP contribution in [0.15, 0.2) is 59.0 Å². The van der Waals surface area contributed by atoms with Crippen molar-refractivity contribution in [3.05, 3.63) is 86.4 Å². The number of benzene rings is 3. The van der Waals surface area contributed by atoms with E-state index >= 15 is 0 Å². The highest BCUT2D eigenvalue weighted by Gasteiger charge is 2.14. The van der Waals surface area contributed by atoms with Crippen LogP contribution < -0.4 is 10.1 Å². The summed E-state index contributed by atoms with van der Waals surface area (Å²) in [5, 5.41) is 13.8. The highest BCUT2D eigenvalue weighted by Crippen LogP contribution is 2.32. The molecule has 0 atom stereocenters. The van der Waals surface area contributed by atoms with E-state index < -0.39 is 10.8 Å². The van der Waals surface area contributed by atoms with Crippen LogP contribution in [0.4, 0.5) is 11.4 Å². The first-order valence-corrected chi connectivity index (χ1v) is 10.6. The maximum atomic E-state index is 12.6. The Labute approximate surface area is 200 Å². The van der Waals surface area contributed by atoms with E-state index in [0.29, 0.717) is 34.0 Å². The molecule has 0 aliphatic rings. The van der Waals surface area contributed by atoms with Gasteiger partial charge in [0.25, 0.3) is 5.69 Å². The van der Waals surface area contributed by atoms with E-state index in [-0.39, 0.29) is 10.7 Å². The van der Waals surface area contributed by atoms with Crippen LogP contribution in [0.5, 0.6) is 5.75 Å². The predicted molar refractivity (Wildman–Crippen MR) is 131 cm³/mol. The first-order valence-electron chi connectivity index (χ1n) is 10.2. The Morgan fingerprint density at radius 2 is 1.91 bits per heavy atom. The van der Waals surface area contributed by atoms with Crippen LogP contribution in [0, 0.1) is 24.0 Å². The number of aryl methyl sites for hydroxylation is 2. The molecule has 172 valence electrons. The molecule has 8 nitrogen and oxygen atoms in total. The standard InChI is InChI=1S/C25H20ClN3O5/c1-14-10-19-23(11-15(14)2)34-25(28-19)17-6-8-22(33-3)20(13-17)27-24(30)9-5-16-4-7-18(26)21(12-16)29(31)32/h4-13H,1-3H3,(H,27,30). The average molecular weight is 478 g/mol. The normalized spacial score (nSPS) is 11.2. The summed E-state index contributed by atoms with van der Waals surface area (Å²) in [5.41, 5.74) is 4.97. The molecule has 0 radical (unpaired) electrons. The largest absolute Gasteiger partial charge is 0.495 e. The number of aromatic nitrogens is 1. The number of rotatable bonds is 6. The summed E-state index contributed by atoms with van der Waals surface area (Å²) >= 11 is 5.83. The molecule has 9 heteroatoms. The topological polar surface area (TPSA) is 108 Å². The summed E-state index contributed by atoms with van der Waals surface area (Å²) in [4.78, 5) is 27.6. The van der Waals surface area contributed by atoms with Gasteiger partial charge in [0.2, 0.25) is 11.8 Å². The minimum Gasteiger partial charge on any atom is -0.495 e. The monoisotopic (exact) mass is 477 g/mol. The third-order valence-corrected chi connectivity index (χ3v) is 5.62. The van der Waals surface area contributed by atoms with Gasteiger partial charge < -0.3 is 14.5 Å². The van der Waals surface area contributed by atoms with Gasteiger partial charge in [-0.2, -0.15) is 0 Å². The average Bonchev–Trinajstić information content (AvgIpc) is 3.21. The number of hydrogen-bond donors (Lipinski definition) is 1. The van der Waals surface area contributed by atoms with Crippen molar-refractivity contribution in [1.29, 1.82) is 0 Å². The van der Waals surface area contributed by atoms with Crippen molar-refractivity contribution < 1.29 is 18.9 Å². The maximum absolute atomic E-state index is 12.6. The predicted octanol–water partition coefficient (Wildman–Crippen LogP) is 6.33. The van der Waals surface area contributed by atoms with Crippen LogP contribution in [-0.2, 0) is 4.79 Å². The van der Waals surface area contributed by atoms with Crippen LogP contribution in [0.2, 0.25) is 5.02 Å². The van der Waals surface area contributed by atoms with Crippen molar-refractivity contribution in [1.82, 2.24) is 4.98 Å². The van der Waals surface area contributed by atoms with Gasteiger partial charge in [0.05, 0.1) is 17.7 Å². The molecule has 0 fully saturated rings. The lowest BCUT2D eigenvalue weighted by atomic mass is 10.1. The van der Waals surface area contributed by atoms with Gasteiger partial charge in [-0.1, -0.05) is 17.7 Å². The molecule has 1 heterocycles. The first-order chi connectivity index (χ1) is 16.2. The number of carbonyl (C=O) groups is 1. The van der Waals surface area contributed by atoms with Crippen LogP contribution in [-0.4, -0.2) is 22.9 Å². The number of amides is 1. The molecule has 0 saturated carbocycles. The number of oxazole rings is 1. The second kappa shape index (κ2) is 9.36. The second-order valence-corrected chi connectivity index (χ2v) is 8.04. The fraction of sp³-hybridized carbons (Fsp3) is 0.120. The van der Waals surface area contributed by atoms with E-state index in [1.165, 1.54) is 31.4 Å². The van der Waals surface area contributed by atoms with Crippen molar-refractivity contribution in [2.24, 2.45) is 0 Å². The van der Waals surface area contributed by atoms with Gasteiger partial charge in [-0.25, -0.2) is 4.98 Å². The number of ether oxygens (including phenoxy) is 1. The molecule has 1 amide bonds. The molecule has 1 N–H and O–H groups in total. The minimum absolute atomic E-state index is 0.0256. The van der Waals surface area contributed by atoms with Crippen molar-refractivity contribution in [3.8, 4) is 17.2 Å². The fourth-order valence-electron chi connectivity index (χ4n) is 3.36. The minimum atomic E-state index is -0.579. The number of anilines is 1. The van der Waals surface area contributed by atoms with E-state index in [1.807, 2.05) is 26.0 Å². The Hall–Kier alpha value is -4.17. The van der Waals surface area contributed by atoms with Crippen LogP contribution in [0.25, 0.3) is 28.6 Å².